The van der Waals surface area contributed by atoms with E-state index in [-0.39, 0.29) is 0 Å². The number of ether oxygens (including phenoxy) is 2. The predicted molar refractivity (Wildman–Crippen MR) is 132 cm³/mol. The average Bonchev–Trinajstić information content (AvgIpc) is 3.42. The second-order valence-corrected chi connectivity index (χ2v) is 9.04. The standard InChI is InChI=1S/C25H23F3N4O2S/c1-33-20-14-18-19(15-21(20)34-2)29-23(22-7-4-12-35-22)30-24(18)32-10-8-31(9-11-32)17-6-3-5-16(13-17)25(26,27)28/h3-7,12-15H,8-11H2,1-2H3. The highest BCUT2D eigenvalue weighted by atomic mass is 32.1. The number of piperazine rings is 1. The Morgan fingerprint density at radius 3 is 2.23 bits per heavy atom. The lowest BCUT2D eigenvalue weighted by Gasteiger charge is -2.37. The van der Waals surface area contributed by atoms with Gasteiger partial charge in [0.05, 0.1) is 30.2 Å². The third kappa shape index (κ3) is 4.58. The quantitative estimate of drug-likeness (QED) is 0.349. The van der Waals surface area contributed by atoms with Gasteiger partial charge in [-0.3, -0.25) is 0 Å². The van der Waals surface area contributed by atoms with E-state index in [1.165, 1.54) is 12.1 Å². The number of aromatic nitrogens is 2. The van der Waals surface area contributed by atoms with Crippen LogP contribution in [0.15, 0.2) is 53.9 Å². The van der Waals surface area contributed by atoms with Crippen molar-refractivity contribution in [1.82, 2.24) is 9.97 Å². The number of benzene rings is 2. The summed E-state index contributed by atoms with van der Waals surface area (Å²) < 4.78 is 50.5. The van der Waals surface area contributed by atoms with Crippen LogP contribution in [0.1, 0.15) is 5.56 Å². The zero-order chi connectivity index (χ0) is 24.6. The second-order valence-electron chi connectivity index (χ2n) is 8.09. The van der Waals surface area contributed by atoms with Crippen LogP contribution in [-0.2, 0) is 6.18 Å². The van der Waals surface area contributed by atoms with Crippen molar-refractivity contribution >= 4 is 33.7 Å². The zero-order valence-corrected chi connectivity index (χ0v) is 20.0. The van der Waals surface area contributed by atoms with E-state index >= 15 is 0 Å². The summed E-state index contributed by atoms with van der Waals surface area (Å²) in [4.78, 5) is 14.7. The minimum atomic E-state index is -4.37. The van der Waals surface area contributed by atoms with Crippen molar-refractivity contribution in [3.63, 3.8) is 0 Å². The van der Waals surface area contributed by atoms with E-state index in [9.17, 15) is 13.2 Å². The van der Waals surface area contributed by atoms with E-state index in [0.717, 1.165) is 27.7 Å². The minimum Gasteiger partial charge on any atom is -0.493 e. The molecule has 2 aromatic carbocycles. The second kappa shape index (κ2) is 9.26. The lowest BCUT2D eigenvalue weighted by atomic mass is 10.1. The lowest BCUT2D eigenvalue weighted by molar-refractivity contribution is -0.137. The molecule has 0 spiro atoms. The van der Waals surface area contributed by atoms with Crippen LogP contribution in [0.4, 0.5) is 24.7 Å². The molecule has 0 bridgehead atoms. The number of hydrogen-bond donors (Lipinski definition) is 0. The molecule has 1 aliphatic rings. The maximum atomic E-state index is 13.2. The topological polar surface area (TPSA) is 50.7 Å². The monoisotopic (exact) mass is 500 g/mol. The van der Waals surface area contributed by atoms with Gasteiger partial charge in [-0.1, -0.05) is 12.1 Å². The first-order chi connectivity index (χ1) is 16.9. The van der Waals surface area contributed by atoms with Crippen LogP contribution in [0, 0.1) is 0 Å². The Kier molecular flexibility index (Phi) is 6.14. The van der Waals surface area contributed by atoms with Crippen LogP contribution in [0.3, 0.4) is 0 Å². The van der Waals surface area contributed by atoms with Gasteiger partial charge in [-0.05, 0) is 35.7 Å². The van der Waals surface area contributed by atoms with Crippen LogP contribution in [-0.4, -0.2) is 50.4 Å². The molecular formula is C25H23F3N4O2S. The fraction of sp³-hybridized carbons (Fsp3) is 0.280. The molecule has 0 atom stereocenters. The molecule has 6 nitrogen and oxygen atoms in total. The third-order valence-electron chi connectivity index (χ3n) is 6.04. The van der Waals surface area contributed by atoms with Crippen LogP contribution in [0.5, 0.6) is 11.5 Å². The summed E-state index contributed by atoms with van der Waals surface area (Å²) in [7, 11) is 3.16. The van der Waals surface area contributed by atoms with E-state index in [4.69, 9.17) is 19.4 Å². The van der Waals surface area contributed by atoms with E-state index in [0.29, 0.717) is 49.2 Å². The Morgan fingerprint density at radius 2 is 1.57 bits per heavy atom. The van der Waals surface area contributed by atoms with Gasteiger partial charge >= 0.3 is 6.18 Å². The maximum absolute atomic E-state index is 13.2. The molecule has 3 heterocycles. The number of alkyl halides is 3. The molecule has 1 fully saturated rings. The largest absolute Gasteiger partial charge is 0.493 e. The zero-order valence-electron chi connectivity index (χ0n) is 19.2. The molecular weight excluding hydrogens is 477 g/mol. The first kappa shape index (κ1) is 23.2. The van der Waals surface area contributed by atoms with Gasteiger partial charge in [0, 0.05) is 43.3 Å². The van der Waals surface area contributed by atoms with Gasteiger partial charge in [0.2, 0.25) is 0 Å². The summed E-state index contributed by atoms with van der Waals surface area (Å²) in [5.74, 6) is 2.55. The van der Waals surface area contributed by atoms with Crippen molar-refractivity contribution in [3.8, 4) is 22.2 Å². The first-order valence-electron chi connectivity index (χ1n) is 11.0. The van der Waals surface area contributed by atoms with Crippen LogP contribution >= 0.6 is 11.3 Å². The van der Waals surface area contributed by atoms with E-state index in [1.807, 2.05) is 34.5 Å². The fourth-order valence-electron chi connectivity index (χ4n) is 4.25. The first-order valence-corrected chi connectivity index (χ1v) is 11.9. The molecule has 0 amide bonds. The molecule has 0 aliphatic carbocycles. The Bertz CT molecular complexity index is 1340. The molecule has 1 aliphatic heterocycles. The Labute approximate surface area is 204 Å². The van der Waals surface area contributed by atoms with Crippen molar-refractivity contribution in [2.75, 3.05) is 50.2 Å². The van der Waals surface area contributed by atoms with Gasteiger partial charge in [-0.15, -0.1) is 11.3 Å². The number of fused-ring (bicyclic) bond motifs is 1. The van der Waals surface area contributed by atoms with Gasteiger partial charge in [0.1, 0.15) is 5.82 Å². The number of thiophene rings is 1. The summed E-state index contributed by atoms with van der Waals surface area (Å²) >= 11 is 1.56. The highest BCUT2D eigenvalue weighted by molar-refractivity contribution is 7.13. The minimum absolute atomic E-state index is 0.564. The normalized spacial score (nSPS) is 14.4. The summed E-state index contributed by atoms with van der Waals surface area (Å²) in [6.07, 6.45) is -4.37. The lowest BCUT2D eigenvalue weighted by Crippen LogP contribution is -2.47. The Hall–Kier alpha value is -3.53. The van der Waals surface area contributed by atoms with Crippen LogP contribution < -0.4 is 19.3 Å². The van der Waals surface area contributed by atoms with Crippen molar-refractivity contribution in [2.24, 2.45) is 0 Å². The third-order valence-corrected chi connectivity index (χ3v) is 6.91. The van der Waals surface area contributed by atoms with Crippen molar-refractivity contribution in [3.05, 3.63) is 59.5 Å². The molecule has 0 unspecified atom stereocenters. The number of anilines is 2. The number of rotatable bonds is 5. The highest BCUT2D eigenvalue weighted by Gasteiger charge is 2.31. The summed E-state index contributed by atoms with van der Waals surface area (Å²) in [5.41, 5.74) is 0.662. The number of nitrogens with zero attached hydrogens (tertiary/aromatic N) is 4. The smallest absolute Gasteiger partial charge is 0.416 e. The highest BCUT2D eigenvalue weighted by Crippen LogP contribution is 2.38. The predicted octanol–water partition coefficient (Wildman–Crippen LogP) is 5.72. The van der Waals surface area contributed by atoms with Crippen molar-refractivity contribution < 1.29 is 22.6 Å². The molecule has 1 saturated heterocycles. The van der Waals surface area contributed by atoms with Gasteiger partial charge in [0.25, 0.3) is 0 Å². The SMILES string of the molecule is COc1cc2nc(-c3cccs3)nc(N3CCN(c4cccc(C(F)(F)F)c4)CC3)c2cc1OC. The molecule has 35 heavy (non-hydrogen) atoms. The van der Waals surface area contributed by atoms with Gasteiger partial charge in [-0.25, -0.2) is 9.97 Å². The van der Waals surface area contributed by atoms with E-state index in [2.05, 4.69) is 4.90 Å². The fourth-order valence-corrected chi connectivity index (χ4v) is 4.91. The molecule has 4 aromatic rings. The molecule has 10 heteroatoms. The van der Waals surface area contributed by atoms with E-state index in [1.54, 1.807) is 31.6 Å². The summed E-state index contributed by atoms with van der Waals surface area (Å²) in [6.45, 7) is 2.32. The number of methoxy groups -OCH3 is 2. The van der Waals surface area contributed by atoms with E-state index < -0.39 is 11.7 Å². The molecule has 2 aromatic heterocycles. The number of hydrogen-bond acceptors (Lipinski definition) is 7. The van der Waals surface area contributed by atoms with Gasteiger partial charge in [0.15, 0.2) is 17.3 Å². The molecule has 182 valence electrons. The van der Waals surface area contributed by atoms with Crippen LogP contribution in [0.25, 0.3) is 21.6 Å². The molecule has 5 rings (SSSR count). The molecule has 0 saturated carbocycles. The molecule has 0 N–H and O–H groups in total. The maximum Gasteiger partial charge on any atom is 0.416 e. The molecule has 0 radical (unpaired) electrons. The Morgan fingerprint density at radius 1 is 0.857 bits per heavy atom. The average molecular weight is 501 g/mol. The summed E-state index contributed by atoms with van der Waals surface area (Å²) in [6, 6.07) is 13.1. The summed E-state index contributed by atoms with van der Waals surface area (Å²) in [5, 5.41) is 2.81. The van der Waals surface area contributed by atoms with Crippen LogP contribution in [0.2, 0.25) is 0 Å². The number of halogens is 3. The Balaban J connectivity index is 1.49. The van der Waals surface area contributed by atoms with Gasteiger partial charge < -0.3 is 19.3 Å². The van der Waals surface area contributed by atoms with Crippen molar-refractivity contribution in [2.45, 2.75) is 6.18 Å². The van der Waals surface area contributed by atoms with Crippen molar-refractivity contribution in [1.29, 1.82) is 0 Å². The van der Waals surface area contributed by atoms with Gasteiger partial charge in [-0.2, -0.15) is 13.2 Å².